The first-order valence-corrected chi connectivity index (χ1v) is 14.6. The number of rotatable bonds is 5. The molecule has 0 unspecified atom stereocenters. The minimum atomic E-state index is -4.63. The molecule has 0 radical (unpaired) electrons. The summed E-state index contributed by atoms with van der Waals surface area (Å²) in [5.74, 6) is -0.255. The lowest BCUT2D eigenvalue weighted by Gasteiger charge is -2.49. The van der Waals surface area contributed by atoms with Gasteiger partial charge in [-0.3, -0.25) is 0 Å². The van der Waals surface area contributed by atoms with Crippen molar-refractivity contribution in [2.24, 2.45) is 5.41 Å². The molecule has 2 aliphatic heterocycles. The van der Waals surface area contributed by atoms with Gasteiger partial charge in [0.25, 0.3) is 0 Å². The van der Waals surface area contributed by atoms with Crippen molar-refractivity contribution >= 4 is 27.3 Å². The monoisotopic (exact) mass is 553 g/mol. The minimum absolute atomic E-state index is 0.0177. The van der Waals surface area contributed by atoms with Gasteiger partial charge >= 0.3 is 6.18 Å². The molecule has 208 valence electrons. The summed E-state index contributed by atoms with van der Waals surface area (Å²) in [6.07, 6.45) is 0.164. The summed E-state index contributed by atoms with van der Waals surface area (Å²) < 4.78 is 67.7. The van der Waals surface area contributed by atoms with E-state index in [1.54, 1.807) is 26.0 Å². The number of benzene rings is 1. The van der Waals surface area contributed by atoms with Crippen LogP contribution in [0.4, 0.5) is 30.6 Å². The number of halogens is 3. The Kier molecular flexibility index (Phi) is 6.88. The molecule has 0 bridgehead atoms. The number of aromatic nitrogens is 2. The lowest BCUT2D eigenvalue weighted by atomic mass is 9.63. The number of sulfone groups is 1. The van der Waals surface area contributed by atoms with Crippen molar-refractivity contribution in [3.8, 4) is 0 Å². The summed E-state index contributed by atoms with van der Waals surface area (Å²) in [6.45, 7) is 5.74. The van der Waals surface area contributed by atoms with Crippen molar-refractivity contribution in [3.05, 3.63) is 35.5 Å². The Hall–Kier alpha value is -2.44. The van der Waals surface area contributed by atoms with Gasteiger partial charge in [-0.1, -0.05) is 0 Å². The van der Waals surface area contributed by atoms with E-state index in [4.69, 9.17) is 0 Å². The molecule has 3 fully saturated rings. The second kappa shape index (κ2) is 9.63. The van der Waals surface area contributed by atoms with Crippen LogP contribution in [0.3, 0.4) is 0 Å². The molecule has 1 aromatic heterocycles. The summed E-state index contributed by atoms with van der Waals surface area (Å²) in [4.78, 5) is 9.86. The van der Waals surface area contributed by atoms with E-state index < -0.39 is 27.2 Å². The number of hydrogen-bond donors (Lipinski definition) is 3. The molecular weight excluding hydrogens is 519 g/mol. The second-order valence-corrected chi connectivity index (χ2v) is 13.6. The van der Waals surface area contributed by atoms with E-state index >= 15 is 0 Å². The van der Waals surface area contributed by atoms with Gasteiger partial charge in [0.15, 0.2) is 9.84 Å². The highest BCUT2D eigenvalue weighted by molar-refractivity contribution is 7.92. The van der Waals surface area contributed by atoms with Crippen LogP contribution in [-0.4, -0.2) is 60.5 Å². The molecule has 3 N–H and O–H groups in total. The fourth-order valence-electron chi connectivity index (χ4n) is 5.83. The zero-order chi connectivity index (χ0) is 27.3. The molecule has 0 amide bonds. The largest absolute Gasteiger partial charge is 0.421 e. The molecule has 2 aromatic rings. The molecule has 3 heterocycles. The Morgan fingerprint density at radius 3 is 2.39 bits per heavy atom. The average Bonchev–Trinajstić information content (AvgIpc) is 2.83. The molecule has 38 heavy (non-hydrogen) atoms. The first-order valence-electron chi connectivity index (χ1n) is 13.0. The van der Waals surface area contributed by atoms with Gasteiger partial charge in [-0.2, -0.15) is 18.2 Å². The van der Waals surface area contributed by atoms with Crippen LogP contribution in [0.15, 0.2) is 29.3 Å². The predicted molar refractivity (Wildman–Crippen MR) is 138 cm³/mol. The molecule has 1 saturated carbocycles. The van der Waals surface area contributed by atoms with Crippen LogP contribution in [0.5, 0.6) is 0 Å². The number of alkyl halides is 3. The number of hydrogen-bond acceptors (Lipinski definition) is 8. The Morgan fingerprint density at radius 1 is 1.13 bits per heavy atom. The number of piperidine rings is 2. The van der Waals surface area contributed by atoms with Crippen LogP contribution < -0.4 is 15.5 Å². The van der Waals surface area contributed by atoms with E-state index in [2.05, 4.69) is 20.6 Å². The number of aryl methyl sites for hydroxylation is 1. The number of aliphatic hydroxyl groups is 1. The van der Waals surface area contributed by atoms with Gasteiger partial charge in [0, 0.05) is 25.0 Å². The van der Waals surface area contributed by atoms with Crippen molar-refractivity contribution in [1.29, 1.82) is 0 Å². The van der Waals surface area contributed by atoms with Crippen LogP contribution >= 0.6 is 0 Å². The third-order valence-electron chi connectivity index (χ3n) is 8.41. The van der Waals surface area contributed by atoms with Gasteiger partial charge in [0.2, 0.25) is 5.95 Å². The molecule has 8 nitrogen and oxygen atoms in total. The van der Waals surface area contributed by atoms with E-state index in [9.17, 15) is 26.7 Å². The van der Waals surface area contributed by atoms with Crippen molar-refractivity contribution in [3.63, 3.8) is 0 Å². The van der Waals surface area contributed by atoms with Crippen molar-refractivity contribution in [2.45, 2.75) is 74.3 Å². The highest BCUT2D eigenvalue weighted by Crippen LogP contribution is 2.51. The third kappa shape index (κ3) is 5.35. The lowest BCUT2D eigenvalue weighted by Crippen LogP contribution is -2.50. The topological polar surface area (TPSA) is 107 Å². The standard InChI is InChI=1S/C26H34F3N5O3S/c1-17-13-18(38(36,37)19-14-25(15-19)5-9-30-10-6-25)3-4-21(17)32-23-31-16-20(26(27,28)29)22(33-23)34-11-7-24(2,35)8-12-34/h3-4,13,16,19,30,35H,5-12,14-15H2,1-2H3,(H,31,32,33). The zero-order valence-electron chi connectivity index (χ0n) is 21.6. The highest BCUT2D eigenvalue weighted by atomic mass is 32.2. The SMILES string of the molecule is Cc1cc(S(=O)(=O)C2CC3(CCNCC3)C2)ccc1Nc1ncc(C(F)(F)F)c(N2CCC(C)(O)CC2)n1. The normalized spacial score (nSPS) is 21.8. The van der Waals surface area contributed by atoms with Crippen molar-refractivity contribution in [1.82, 2.24) is 15.3 Å². The van der Waals surface area contributed by atoms with Crippen LogP contribution in [0.25, 0.3) is 0 Å². The summed E-state index contributed by atoms with van der Waals surface area (Å²) in [6, 6.07) is 4.75. The summed E-state index contributed by atoms with van der Waals surface area (Å²) >= 11 is 0. The molecule has 1 aromatic carbocycles. The van der Waals surface area contributed by atoms with Crippen LogP contribution in [0.1, 0.15) is 56.6 Å². The molecule has 3 aliphatic rings. The van der Waals surface area contributed by atoms with E-state index in [1.807, 2.05) is 0 Å². The van der Waals surface area contributed by atoms with Crippen LogP contribution in [-0.2, 0) is 16.0 Å². The van der Waals surface area contributed by atoms with Crippen LogP contribution in [0.2, 0.25) is 0 Å². The highest BCUT2D eigenvalue weighted by Gasteiger charge is 2.50. The predicted octanol–water partition coefficient (Wildman–Crippen LogP) is 4.20. The second-order valence-electron chi connectivity index (χ2n) is 11.3. The van der Waals surface area contributed by atoms with E-state index in [1.165, 1.54) is 11.0 Å². The van der Waals surface area contributed by atoms with Crippen molar-refractivity contribution in [2.75, 3.05) is 36.4 Å². The summed E-state index contributed by atoms with van der Waals surface area (Å²) in [7, 11) is -3.47. The summed E-state index contributed by atoms with van der Waals surface area (Å²) in [5.41, 5.74) is -0.576. The Balaban J connectivity index is 1.34. The van der Waals surface area contributed by atoms with Crippen LogP contribution in [0, 0.1) is 12.3 Å². The first-order chi connectivity index (χ1) is 17.8. The Bertz CT molecular complexity index is 1290. The third-order valence-corrected chi connectivity index (χ3v) is 10.5. The quantitative estimate of drug-likeness (QED) is 0.506. The van der Waals surface area contributed by atoms with E-state index in [-0.39, 0.29) is 40.4 Å². The van der Waals surface area contributed by atoms with E-state index in [0.29, 0.717) is 36.9 Å². The maximum atomic E-state index is 13.7. The Morgan fingerprint density at radius 2 is 1.79 bits per heavy atom. The number of anilines is 3. The number of nitrogens with one attached hydrogen (secondary N) is 2. The van der Waals surface area contributed by atoms with Gasteiger partial charge < -0.3 is 20.6 Å². The van der Waals surface area contributed by atoms with Gasteiger partial charge in [-0.25, -0.2) is 13.4 Å². The number of nitrogens with zero attached hydrogens (tertiary/aromatic N) is 3. The Labute approximate surface area is 221 Å². The molecule has 0 atom stereocenters. The fraction of sp³-hybridized carbons (Fsp3) is 0.615. The van der Waals surface area contributed by atoms with Gasteiger partial charge in [-0.15, -0.1) is 0 Å². The average molecular weight is 554 g/mol. The first kappa shape index (κ1) is 27.1. The summed E-state index contributed by atoms with van der Waals surface area (Å²) in [5, 5.41) is 16.1. The van der Waals surface area contributed by atoms with Gasteiger partial charge in [-0.05, 0) is 94.6 Å². The van der Waals surface area contributed by atoms with Gasteiger partial charge in [0.05, 0.1) is 15.7 Å². The zero-order valence-corrected chi connectivity index (χ0v) is 22.4. The fourth-order valence-corrected chi connectivity index (χ4v) is 7.96. The molecular formula is C26H34F3N5O3S. The smallest absolute Gasteiger partial charge is 0.390 e. The van der Waals surface area contributed by atoms with E-state index in [0.717, 1.165) is 32.1 Å². The van der Waals surface area contributed by atoms with Crippen molar-refractivity contribution < 1.29 is 26.7 Å². The van der Waals surface area contributed by atoms with Gasteiger partial charge in [0.1, 0.15) is 11.4 Å². The molecule has 1 spiro atoms. The molecule has 5 rings (SSSR count). The minimum Gasteiger partial charge on any atom is -0.390 e. The molecule has 1 aliphatic carbocycles. The molecule has 2 saturated heterocycles. The lowest BCUT2D eigenvalue weighted by molar-refractivity contribution is -0.137. The maximum absolute atomic E-state index is 13.7. The maximum Gasteiger partial charge on any atom is 0.421 e. The molecule has 12 heteroatoms.